The third kappa shape index (κ3) is 3.86. The van der Waals surface area contributed by atoms with E-state index in [9.17, 15) is 9.90 Å². The molecule has 0 bridgehead atoms. The summed E-state index contributed by atoms with van der Waals surface area (Å²) in [5.41, 5.74) is 3.35. The van der Waals surface area contributed by atoms with E-state index in [0.29, 0.717) is 18.2 Å². The molecule has 0 spiro atoms. The van der Waals surface area contributed by atoms with Gasteiger partial charge < -0.3 is 10.0 Å². The SMILES string of the molecule is Cc1cc(C)cc(-c2nnc(NC(=O)N3CCC[C@H](O)C3)s2)c1. The first-order valence-electron chi connectivity index (χ1n) is 7.67. The molecule has 0 aliphatic carbocycles. The van der Waals surface area contributed by atoms with Gasteiger partial charge in [-0.3, -0.25) is 5.32 Å². The molecule has 1 aromatic carbocycles. The number of amides is 2. The fraction of sp³-hybridized carbons (Fsp3) is 0.438. The maximum atomic E-state index is 12.2. The molecule has 1 fully saturated rings. The minimum absolute atomic E-state index is 0.230. The van der Waals surface area contributed by atoms with Crippen LogP contribution < -0.4 is 5.32 Å². The Morgan fingerprint density at radius 1 is 1.30 bits per heavy atom. The molecule has 1 aliphatic rings. The predicted octanol–water partition coefficient (Wildman–Crippen LogP) is 2.81. The van der Waals surface area contributed by atoms with Crippen LogP contribution in [0.5, 0.6) is 0 Å². The zero-order valence-electron chi connectivity index (χ0n) is 13.2. The molecule has 0 radical (unpaired) electrons. The summed E-state index contributed by atoms with van der Waals surface area (Å²) in [5.74, 6) is 0. The second-order valence-electron chi connectivity index (χ2n) is 5.96. The number of carbonyl (C=O) groups is 1. The van der Waals surface area contributed by atoms with Crippen molar-refractivity contribution in [3.8, 4) is 10.6 Å². The van der Waals surface area contributed by atoms with Gasteiger partial charge in [0.05, 0.1) is 6.10 Å². The monoisotopic (exact) mass is 332 g/mol. The molecule has 23 heavy (non-hydrogen) atoms. The summed E-state index contributed by atoms with van der Waals surface area (Å²) in [6.07, 6.45) is 1.13. The second kappa shape index (κ2) is 6.64. The molecule has 2 N–H and O–H groups in total. The smallest absolute Gasteiger partial charge is 0.323 e. The van der Waals surface area contributed by atoms with Gasteiger partial charge in [-0.05, 0) is 38.8 Å². The number of benzene rings is 1. The van der Waals surface area contributed by atoms with Crippen LogP contribution in [0.1, 0.15) is 24.0 Å². The zero-order chi connectivity index (χ0) is 16.4. The number of aliphatic hydroxyl groups is 1. The molecule has 1 atom stereocenters. The van der Waals surface area contributed by atoms with E-state index in [1.54, 1.807) is 4.90 Å². The Kier molecular flexibility index (Phi) is 4.58. The van der Waals surface area contributed by atoms with E-state index < -0.39 is 6.10 Å². The average Bonchev–Trinajstić information content (AvgIpc) is 2.95. The number of rotatable bonds is 2. The van der Waals surface area contributed by atoms with Gasteiger partial charge in [-0.2, -0.15) is 0 Å². The zero-order valence-corrected chi connectivity index (χ0v) is 14.1. The molecule has 1 aliphatic heterocycles. The number of aliphatic hydroxyl groups excluding tert-OH is 1. The second-order valence-corrected chi connectivity index (χ2v) is 6.94. The average molecular weight is 332 g/mol. The molecule has 1 saturated heterocycles. The number of hydrogen-bond acceptors (Lipinski definition) is 5. The number of aromatic nitrogens is 2. The van der Waals surface area contributed by atoms with Crippen LogP contribution in [0.15, 0.2) is 18.2 Å². The highest BCUT2D eigenvalue weighted by Crippen LogP contribution is 2.28. The van der Waals surface area contributed by atoms with E-state index in [1.807, 2.05) is 13.8 Å². The van der Waals surface area contributed by atoms with Gasteiger partial charge in [-0.25, -0.2) is 4.79 Å². The predicted molar refractivity (Wildman–Crippen MR) is 90.7 cm³/mol. The van der Waals surface area contributed by atoms with Crippen molar-refractivity contribution in [2.45, 2.75) is 32.8 Å². The summed E-state index contributed by atoms with van der Waals surface area (Å²) in [4.78, 5) is 13.8. The van der Waals surface area contributed by atoms with Crippen molar-refractivity contribution in [2.24, 2.45) is 0 Å². The van der Waals surface area contributed by atoms with Crippen molar-refractivity contribution >= 4 is 22.5 Å². The summed E-state index contributed by atoms with van der Waals surface area (Å²) in [6, 6.07) is 5.99. The number of aryl methyl sites for hydroxylation is 2. The number of hydrogen-bond donors (Lipinski definition) is 2. The van der Waals surface area contributed by atoms with Crippen LogP contribution in [0.25, 0.3) is 10.6 Å². The van der Waals surface area contributed by atoms with Gasteiger partial charge >= 0.3 is 6.03 Å². The molecule has 7 heteroatoms. The number of carbonyl (C=O) groups excluding carboxylic acids is 1. The summed E-state index contributed by atoms with van der Waals surface area (Å²) >= 11 is 1.35. The molecule has 2 heterocycles. The van der Waals surface area contributed by atoms with Crippen molar-refractivity contribution in [3.05, 3.63) is 29.3 Å². The summed E-state index contributed by atoms with van der Waals surface area (Å²) in [7, 11) is 0. The number of nitrogens with one attached hydrogen (secondary N) is 1. The van der Waals surface area contributed by atoms with Crippen LogP contribution in [0, 0.1) is 13.8 Å². The Balaban J connectivity index is 1.70. The van der Waals surface area contributed by atoms with Crippen LogP contribution in [-0.2, 0) is 0 Å². The first-order chi connectivity index (χ1) is 11.0. The van der Waals surface area contributed by atoms with Crippen LogP contribution in [-0.4, -0.2) is 45.4 Å². The van der Waals surface area contributed by atoms with Crippen molar-refractivity contribution in [3.63, 3.8) is 0 Å². The molecule has 1 aromatic heterocycles. The van der Waals surface area contributed by atoms with Gasteiger partial charge in [-0.15, -0.1) is 10.2 Å². The summed E-state index contributed by atoms with van der Waals surface area (Å²) < 4.78 is 0. The molecule has 122 valence electrons. The minimum Gasteiger partial charge on any atom is -0.391 e. The van der Waals surface area contributed by atoms with E-state index in [2.05, 4.69) is 33.7 Å². The number of β-amino-alcohol motifs (C(OH)–C–C–N with tert-alkyl or cyclic N) is 1. The summed E-state index contributed by atoms with van der Waals surface area (Å²) in [5, 5.41) is 21.9. The minimum atomic E-state index is -0.435. The number of piperidine rings is 1. The largest absolute Gasteiger partial charge is 0.391 e. The number of nitrogens with zero attached hydrogens (tertiary/aromatic N) is 3. The van der Waals surface area contributed by atoms with Crippen molar-refractivity contribution < 1.29 is 9.90 Å². The Bertz CT molecular complexity index is 696. The molecule has 3 rings (SSSR count). The third-order valence-electron chi connectivity index (χ3n) is 3.79. The number of likely N-dealkylation sites (tertiary alicyclic amines) is 1. The highest BCUT2D eigenvalue weighted by molar-refractivity contribution is 7.18. The van der Waals surface area contributed by atoms with Gasteiger partial charge in [0.1, 0.15) is 5.01 Å². The highest BCUT2D eigenvalue weighted by atomic mass is 32.1. The van der Waals surface area contributed by atoms with Crippen molar-refractivity contribution in [1.29, 1.82) is 0 Å². The lowest BCUT2D eigenvalue weighted by Gasteiger charge is -2.29. The van der Waals surface area contributed by atoms with Crippen molar-refractivity contribution in [1.82, 2.24) is 15.1 Å². The van der Waals surface area contributed by atoms with Gasteiger partial charge in [0.25, 0.3) is 0 Å². The van der Waals surface area contributed by atoms with Gasteiger partial charge in [0.15, 0.2) is 0 Å². The lowest BCUT2D eigenvalue weighted by molar-refractivity contribution is 0.0883. The standard InChI is InChI=1S/C16H20N4O2S/c1-10-6-11(2)8-12(7-10)14-18-19-15(23-14)17-16(22)20-5-3-4-13(21)9-20/h6-8,13,21H,3-5,9H2,1-2H3,(H,17,19,22)/t13-/m0/s1. The molecular formula is C16H20N4O2S. The maximum Gasteiger partial charge on any atom is 0.323 e. The van der Waals surface area contributed by atoms with Gasteiger partial charge in [0.2, 0.25) is 5.13 Å². The summed E-state index contributed by atoms with van der Waals surface area (Å²) in [6.45, 7) is 5.12. The van der Waals surface area contributed by atoms with Gasteiger partial charge in [-0.1, -0.05) is 28.5 Å². The Labute approximate surface area is 139 Å². The van der Waals surface area contributed by atoms with E-state index in [4.69, 9.17) is 0 Å². The lowest BCUT2D eigenvalue weighted by atomic mass is 10.1. The number of anilines is 1. The normalized spacial score (nSPS) is 18.0. The van der Waals surface area contributed by atoms with Crippen LogP contribution >= 0.6 is 11.3 Å². The molecule has 0 saturated carbocycles. The first kappa shape index (κ1) is 15.9. The topological polar surface area (TPSA) is 78.4 Å². The van der Waals surface area contributed by atoms with Gasteiger partial charge in [0, 0.05) is 18.7 Å². The quantitative estimate of drug-likeness (QED) is 0.886. The molecule has 6 nitrogen and oxygen atoms in total. The first-order valence-corrected chi connectivity index (χ1v) is 8.49. The Hall–Kier alpha value is -1.99. The number of urea groups is 1. The van der Waals surface area contributed by atoms with Crippen LogP contribution in [0.2, 0.25) is 0 Å². The fourth-order valence-electron chi connectivity index (χ4n) is 2.80. The van der Waals surface area contributed by atoms with Crippen LogP contribution in [0.3, 0.4) is 0 Å². The third-order valence-corrected chi connectivity index (χ3v) is 4.68. The molecular weight excluding hydrogens is 312 g/mol. The fourth-order valence-corrected chi connectivity index (χ4v) is 3.52. The highest BCUT2D eigenvalue weighted by Gasteiger charge is 2.23. The lowest BCUT2D eigenvalue weighted by Crippen LogP contribution is -2.44. The molecule has 2 aromatic rings. The van der Waals surface area contributed by atoms with E-state index in [1.165, 1.54) is 22.5 Å². The van der Waals surface area contributed by atoms with E-state index >= 15 is 0 Å². The van der Waals surface area contributed by atoms with E-state index in [-0.39, 0.29) is 6.03 Å². The Morgan fingerprint density at radius 2 is 2.04 bits per heavy atom. The Morgan fingerprint density at radius 3 is 2.74 bits per heavy atom. The maximum absolute atomic E-state index is 12.2. The van der Waals surface area contributed by atoms with Crippen molar-refractivity contribution in [2.75, 3.05) is 18.4 Å². The molecule has 2 amide bonds. The van der Waals surface area contributed by atoms with E-state index in [0.717, 1.165) is 23.4 Å². The molecule has 0 unspecified atom stereocenters. The van der Waals surface area contributed by atoms with Crippen LogP contribution in [0.4, 0.5) is 9.93 Å².